The molecule has 2 aromatic carbocycles. The Morgan fingerprint density at radius 2 is 1.79 bits per heavy atom. The summed E-state index contributed by atoms with van der Waals surface area (Å²) >= 11 is 19.6. The number of nitrogens with zero attached hydrogens (tertiary/aromatic N) is 1. The van der Waals surface area contributed by atoms with Crippen LogP contribution >= 0.6 is 46.1 Å². The van der Waals surface area contributed by atoms with Gasteiger partial charge >= 0.3 is 0 Å². The molecular formula is C17H11Cl3N2OS. The third-order valence-electron chi connectivity index (χ3n) is 3.22. The number of halogens is 3. The number of anilines is 1. The smallest absolute Gasteiger partial charge is 0.230 e. The van der Waals surface area contributed by atoms with E-state index in [-0.39, 0.29) is 12.3 Å². The zero-order chi connectivity index (χ0) is 17.1. The molecule has 0 bridgehead atoms. The average molecular weight is 398 g/mol. The minimum Gasteiger partial charge on any atom is -0.324 e. The molecule has 7 heteroatoms. The summed E-state index contributed by atoms with van der Waals surface area (Å²) in [5, 5.41) is 6.72. The fraction of sp³-hybridized carbons (Fsp3) is 0.0588. The van der Waals surface area contributed by atoms with Crippen molar-refractivity contribution in [3.05, 3.63) is 68.6 Å². The van der Waals surface area contributed by atoms with Crippen LogP contribution in [0, 0.1) is 0 Å². The van der Waals surface area contributed by atoms with Crippen LogP contribution in [-0.4, -0.2) is 10.9 Å². The van der Waals surface area contributed by atoms with Gasteiger partial charge < -0.3 is 5.32 Å². The van der Waals surface area contributed by atoms with E-state index in [4.69, 9.17) is 34.8 Å². The summed E-state index contributed by atoms with van der Waals surface area (Å²) < 4.78 is 0. The van der Waals surface area contributed by atoms with Crippen molar-refractivity contribution in [2.75, 3.05) is 5.32 Å². The summed E-state index contributed by atoms with van der Waals surface area (Å²) in [5.74, 6) is -0.213. The number of rotatable bonds is 4. The van der Waals surface area contributed by atoms with Crippen molar-refractivity contribution in [2.45, 2.75) is 6.42 Å². The van der Waals surface area contributed by atoms with Crippen LogP contribution in [0.4, 0.5) is 5.69 Å². The number of amides is 1. The minimum absolute atomic E-state index is 0.143. The van der Waals surface area contributed by atoms with Gasteiger partial charge in [0.2, 0.25) is 5.91 Å². The van der Waals surface area contributed by atoms with Crippen LogP contribution in [0.1, 0.15) is 5.69 Å². The number of hydrogen-bond acceptors (Lipinski definition) is 3. The predicted octanol–water partition coefficient (Wildman–Crippen LogP) is 5.95. The van der Waals surface area contributed by atoms with Gasteiger partial charge in [-0.1, -0.05) is 59.1 Å². The van der Waals surface area contributed by atoms with E-state index in [1.807, 2.05) is 29.6 Å². The normalized spacial score (nSPS) is 10.6. The van der Waals surface area contributed by atoms with E-state index in [0.29, 0.717) is 26.4 Å². The standard InChI is InChI=1S/C17H11Cl3N2OS/c18-12-5-2-1-4-11(12)17-21-10(9-24-17)8-15(23)22-14-7-3-6-13(19)16(14)20/h1-7,9H,8H2,(H,22,23). The second-order valence-corrected chi connectivity index (χ2v) is 7.00. The second-order valence-electron chi connectivity index (χ2n) is 4.95. The molecule has 3 aromatic rings. The molecule has 0 unspecified atom stereocenters. The highest BCUT2D eigenvalue weighted by Gasteiger charge is 2.13. The van der Waals surface area contributed by atoms with Crippen LogP contribution in [0.5, 0.6) is 0 Å². The van der Waals surface area contributed by atoms with Gasteiger partial charge in [-0.15, -0.1) is 11.3 Å². The maximum absolute atomic E-state index is 12.2. The van der Waals surface area contributed by atoms with Crippen LogP contribution < -0.4 is 5.32 Å². The Labute approximate surface area is 158 Å². The third-order valence-corrected chi connectivity index (χ3v) is 5.30. The summed E-state index contributed by atoms with van der Waals surface area (Å²) in [4.78, 5) is 16.7. The molecule has 0 spiro atoms. The molecule has 0 saturated carbocycles. The molecule has 0 radical (unpaired) electrons. The summed E-state index contributed by atoms with van der Waals surface area (Å²) in [6.07, 6.45) is 0.143. The SMILES string of the molecule is O=C(Cc1csc(-c2ccccc2Cl)n1)Nc1cccc(Cl)c1Cl. The maximum atomic E-state index is 12.2. The van der Waals surface area contributed by atoms with Crippen molar-refractivity contribution >= 4 is 57.7 Å². The highest BCUT2D eigenvalue weighted by atomic mass is 35.5. The molecule has 3 rings (SSSR count). The van der Waals surface area contributed by atoms with E-state index >= 15 is 0 Å². The van der Waals surface area contributed by atoms with Crippen molar-refractivity contribution in [1.29, 1.82) is 0 Å². The van der Waals surface area contributed by atoms with Gasteiger partial charge in [0.15, 0.2) is 0 Å². The summed E-state index contributed by atoms with van der Waals surface area (Å²) in [6.45, 7) is 0. The van der Waals surface area contributed by atoms with E-state index < -0.39 is 0 Å². The molecule has 3 nitrogen and oxygen atoms in total. The van der Waals surface area contributed by atoms with E-state index in [0.717, 1.165) is 10.6 Å². The maximum Gasteiger partial charge on any atom is 0.230 e. The Morgan fingerprint density at radius 3 is 2.58 bits per heavy atom. The molecule has 1 N–H and O–H groups in total. The van der Waals surface area contributed by atoms with Crippen LogP contribution in [0.2, 0.25) is 15.1 Å². The molecule has 0 fully saturated rings. The van der Waals surface area contributed by atoms with Crippen molar-refractivity contribution in [2.24, 2.45) is 0 Å². The van der Waals surface area contributed by atoms with Crippen molar-refractivity contribution in [3.8, 4) is 10.6 Å². The Balaban J connectivity index is 1.72. The van der Waals surface area contributed by atoms with Crippen LogP contribution in [0.3, 0.4) is 0 Å². The summed E-state index contributed by atoms with van der Waals surface area (Å²) in [5.41, 5.74) is 2.01. The Morgan fingerprint density at radius 1 is 1.04 bits per heavy atom. The number of aromatic nitrogens is 1. The number of nitrogens with one attached hydrogen (secondary N) is 1. The lowest BCUT2D eigenvalue weighted by atomic mass is 10.2. The largest absolute Gasteiger partial charge is 0.324 e. The Hall–Kier alpha value is -1.59. The molecule has 1 amide bonds. The third kappa shape index (κ3) is 3.90. The minimum atomic E-state index is -0.213. The average Bonchev–Trinajstić information content (AvgIpc) is 3.00. The van der Waals surface area contributed by atoms with E-state index in [1.54, 1.807) is 18.2 Å². The van der Waals surface area contributed by atoms with Gasteiger partial charge in [0.1, 0.15) is 5.01 Å². The van der Waals surface area contributed by atoms with Crippen LogP contribution in [-0.2, 0) is 11.2 Å². The van der Waals surface area contributed by atoms with Gasteiger partial charge in [-0.05, 0) is 18.2 Å². The zero-order valence-electron chi connectivity index (χ0n) is 12.2. The number of thiazole rings is 1. The molecule has 0 atom stereocenters. The van der Waals surface area contributed by atoms with Gasteiger partial charge in [-0.2, -0.15) is 0 Å². The number of hydrogen-bond donors (Lipinski definition) is 1. The van der Waals surface area contributed by atoms with E-state index in [1.165, 1.54) is 11.3 Å². The fourth-order valence-electron chi connectivity index (χ4n) is 2.11. The quantitative estimate of drug-likeness (QED) is 0.591. The zero-order valence-corrected chi connectivity index (χ0v) is 15.3. The van der Waals surface area contributed by atoms with Gasteiger partial charge in [0, 0.05) is 10.9 Å². The Bertz CT molecular complexity index is 895. The first-order chi connectivity index (χ1) is 11.5. The highest BCUT2D eigenvalue weighted by molar-refractivity contribution is 7.13. The highest BCUT2D eigenvalue weighted by Crippen LogP contribution is 2.31. The first-order valence-corrected chi connectivity index (χ1v) is 8.99. The fourth-order valence-corrected chi connectivity index (χ4v) is 3.59. The topological polar surface area (TPSA) is 42.0 Å². The van der Waals surface area contributed by atoms with E-state index in [9.17, 15) is 4.79 Å². The van der Waals surface area contributed by atoms with Gasteiger partial charge in [0.25, 0.3) is 0 Å². The summed E-state index contributed by atoms with van der Waals surface area (Å²) in [6, 6.07) is 12.6. The molecular weight excluding hydrogens is 387 g/mol. The van der Waals surface area contributed by atoms with Gasteiger partial charge in [0.05, 0.1) is 32.9 Å². The van der Waals surface area contributed by atoms with Crippen LogP contribution in [0.15, 0.2) is 47.8 Å². The molecule has 0 aliphatic heterocycles. The Kier molecular flexibility index (Phi) is 5.41. The van der Waals surface area contributed by atoms with Crippen LogP contribution in [0.25, 0.3) is 10.6 Å². The van der Waals surface area contributed by atoms with Gasteiger partial charge in [-0.25, -0.2) is 4.98 Å². The summed E-state index contributed by atoms with van der Waals surface area (Å²) in [7, 11) is 0. The molecule has 0 aliphatic rings. The number of carbonyl (C=O) groups is 1. The van der Waals surface area contributed by atoms with Gasteiger partial charge in [-0.3, -0.25) is 4.79 Å². The lowest BCUT2D eigenvalue weighted by Gasteiger charge is -2.07. The second kappa shape index (κ2) is 7.53. The first kappa shape index (κ1) is 17.2. The predicted molar refractivity (Wildman–Crippen MR) is 101 cm³/mol. The van der Waals surface area contributed by atoms with Crippen molar-refractivity contribution < 1.29 is 4.79 Å². The lowest BCUT2D eigenvalue weighted by Crippen LogP contribution is -2.14. The molecule has 1 heterocycles. The molecule has 24 heavy (non-hydrogen) atoms. The first-order valence-electron chi connectivity index (χ1n) is 6.98. The molecule has 0 aliphatic carbocycles. The monoisotopic (exact) mass is 396 g/mol. The number of carbonyl (C=O) groups excluding carboxylic acids is 1. The molecule has 1 aromatic heterocycles. The lowest BCUT2D eigenvalue weighted by molar-refractivity contribution is -0.115. The molecule has 0 saturated heterocycles. The van der Waals surface area contributed by atoms with Crippen molar-refractivity contribution in [1.82, 2.24) is 4.98 Å². The molecule has 122 valence electrons. The number of benzene rings is 2. The van der Waals surface area contributed by atoms with Crippen molar-refractivity contribution in [3.63, 3.8) is 0 Å². The van der Waals surface area contributed by atoms with E-state index in [2.05, 4.69) is 10.3 Å².